The molecule has 0 N–H and O–H groups in total. The van der Waals surface area contributed by atoms with Crippen LogP contribution in [0.2, 0.25) is 0 Å². The van der Waals surface area contributed by atoms with Crippen molar-refractivity contribution in [3.05, 3.63) is 93.1 Å². The molecule has 0 spiro atoms. The van der Waals surface area contributed by atoms with Gasteiger partial charge in [-0.2, -0.15) is 0 Å². The number of ether oxygens (including phenoxy) is 1. The van der Waals surface area contributed by atoms with Gasteiger partial charge in [-0.25, -0.2) is 0 Å². The lowest BCUT2D eigenvalue weighted by Crippen LogP contribution is -2.31. The molecule has 0 radical (unpaired) electrons. The van der Waals surface area contributed by atoms with E-state index in [1.54, 1.807) is 12.1 Å². The molecule has 1 aliphatic heterocycles. The summed E-state index contributed by atoms with van der Waals surface area (Å²) < 4.78 is 32.3. The Morgan fingerprint density at radius 1 is 1.00 bits per heavy atom. The molecule has 0 bridgehead atoms. The number of hydrogen-bond donors (Lipinski definition) is 0. The maximum atomic E-state index is 14.4. The molecule has 0 saturated carbocycles. The maximum Gasteiger partial charge on any atom is 0.360 e. The topological polar surface area (TPSA) is 91.1 Å². The molecule has 0 saturated heterocycles. The molecule has 1 unspecified atom stereocenters. The summed E-state index contributed by atoms with van der Waals surface area (Å²) in [5.41, 5.74) is 2.27. The van der Waals surface area contributed by atoms with Gasteiger partial charge in [0.1, 0.15) is 12.4 Å². The van der Waals surface area contributed by atoms with Crippen molar-refractivity contribution < 1.29 is 23.3 Å². The highest BCUT2D eigenvalue weighted by atomic mass is 31.2. The third kappa shape index (κ3) is 6.64. The second-order valence-corrected chi connectivity index (χ2v) is 11.1. The molecule has 9 heteroatoms. The zero-order chi connectivity index (χ0) is 26.5. The van der Waals surface area contributed by atoms with E-state index < -0.39 is 18.4 Å². The Balaban J connectivity index is 2.06. The Morgan fingerprint density at radius 3 is 2.22 bits per heavy atom. The fourth-order valence-corrected chi connectivity index (χ4v) is 6.77. The standard InChI is InChI=1S/C27H35N2O6P/c1-19(2)34-36(32,35-20(3)4)27-22(6)28(15-16-33-25-13-8-7-9-14-25)21(5)17-26(27)23-11-10-12-24(18-23)29(30)31/h7-14,17-20,26H,15-16H2,1-6H3. The molecule has 0 aliphatic carbocycles. The predicted octanol–water partition coefficient (Wildman–Crippen LogP) is 7.25. The monoisotopic (exact) mass is 514 g/mol. The number of allylic oxidation sites excluding steroid dienone is 4. The van der Waals surface area contributed by atoms with Crippen molar-refractivity contribution in [2.24, 2.45) is 0 Å². The molecule has 2 aromatic rings. The average molecular weight is 515 g/mol. The molecule has 2 aromatic carbocycles. The van der Waals surface area contributed by atoms with Crippen LogP contribution in [0.1, 0.15) is 53.0 Å². The molecule has 1 aliphatic rings. The van der Waals surface area contributed by atoms with E-state index in [0.717, 1.165) is 17.1 Å². The quantitative estimate of drug-likeness (QED) is 0.177. The van der Waals surface area contributed by atoms with Crippen molar-refractivity contribution in [1.29, 1.82) is 0 Å². The van der Waals surface area contributed by atoms with Crippen LogP contribution in [-0.4, -0.2) is 35.2 Å². The van der Waals surface area contributed by atoms with Crippen LogP contribution in [0, 0.1) is 10.1 Å². The van der Waals surface area contributed by atoms with Gasteiger partial charge in [-0.1, -0.05) is 36.4 Å². The number of non-ortho nitro benzene ring substituents is 1. The van der Waals surface area contributed by atoms with E-state index in [2.05, 4.69) is 0 Å². The number of benzene rings is 2. The lowest BCUT2D eigenvalue weighted by Gasteiger charge is -2.38. The Hall–Kier alpha value is -2.93. The van der Waals surface area contributed by atoms with Crippen LogP contribution >= 0.6 is 7.60 Å². The Labute approximate surface area is 213 Å². The minimum absolute atomic E-state index is 0.0290. The zero-order valence-electron chi connectivity index (χ0n) is 21.7. The Bertz CT molecular complexity index is 1160. The van der Waals surface area contributed by atoms with Crippen LogP contribution in [0.4, 0.5) is 5.69 Å². The number of rotatable bonds is 11. The molecule has 3 rings (SSSR count). The number of nitro benzene ring substituents is 1. The normalized spacial score (nSPS) is 16.5. The minimum Gasteiger partial charge on any atom is -0.492 e. The minimum atomic E-state index is -3.79. The predicted molar refractivity (Wildman–Crippen MR) is 141 cm³/mol. The number of nitro groups is 1. The van der Waals surface area contributed by atoms with Gasteiger partial charge in [-0.3, -0.25) is 14.7 Å². The highest BCUT2D eigenvalue weighted by Crippen LogP contribution is 2.65. The fraction of sp³-hybridized carbons (Fsp3) is 0.407. The summed E-state index contributed by atoms with van der Waals surface area (Å²) in [6, 6.07) is 16.0. The van der Waals surface area contributed by atoms with E-state index in [-0.39, 0.29) is 17.9 Å². The highest BCUT2D eigenvalue weighted by Gasteiger charge is 2.42. The summed E-state index contributed by atoms with van der Waals surface area (Å²) in [5, 5.41) is 12.0. The molecular weight excluding hydrogens is 479 g/mol. The number of hydrogen-bond acceptors (Lipinski definition) is 7. The van der Waals surface area contributed by atoms with Crippen molar-refractivity contribution in [3.63, 3.8) is 0 Å². The Morgan fingerprint density at radius 2 is 1.64 bits per heavy atom. The van der Waals surface area contributed by atoms with Gasteiger partial charge in [-0.05, 0) is 59.2 Å². The van der Waals surface area contributed by atoms with Gasteiger partial charge in [0.05, 0.1) is 29.0 Å². The summed E-state index contributed by atoms with van der Waals surface area (Å²) in [7, 11) is -3.79. The summed E-state index contributed by atoms with van der Waals surface area (Å²) in [6.45, 7) is 12.0. The van der Waals surface area contributed by atoms with Gasteiger partial charge < -0.3 is 18.7 Å². The first-order valence-electron chi connectivity index (χ1n) is 12.1. The molecule has 8 nitrogen and oxygen atoms in total. The lowest BCUT2D eigenvalue weighted by molar-refractivity contribution is -0.384. The first-order chi connectivity index (χ1) is 17.0. The second kappa shape index (κ2) is 11.9. The van der Waals surface area contributed by atoms with E-state index in [0.29, 0.717) is 24.0 Å². The van der Waals surface area contributed by atoms with E-state index >= 15 is 0 Å². The smallest absolute Gasteiger partial charge is 0.360 e. The summed E-state index contributed by atoms with van der Waals surface area (Å²) in [4.78, 5) is 13.1. The van der Waals surface area contributed by atoms with Crippen LogP contribution in [0.3, 0.4) is 0 Å². The maximum absolute atomic E-state index is 14.4. The highest BCUT2D eigenvalue weighted by molar-refractivity contribution is 7.58. The largest absolute Gasteiger partial charge is 0.492 e. The third-order valence-corrected chi connectivity index (χ3v) is 8.26. The summed E-state index contributed by atoms with van der Waals surface area (Å²) in [5.74, 6) is 0.254. The molecule has 0 aromatic heterocycles. The van der Waals surface area contributed by atoms with Crippen molar-refractivity contribution in [2.45, 2.75) is 59.7 Å². The first-order valence-corrected chi connectivity index (χ1v) is 13.6. The van der Waals surface area contributed by atoms with Gasteiger partial charge in [0.25, 0.3) is 5.69 Å². The van der Waals surface area contributed by atoms with Crippen molar-refractivity contribution in [2.75, 3.05) is 13.2 Å². The lowest BCUT2D eigenvalue weighted by atomic mass is 9.93. The van der Waals surface area contributed by atoms with Gasteiger partial charge in [0.15, 0.2) is 0 Å². The molecule has 1 heterocycles. The van der Waals surface area contributed by atoms with Gasteiger partial charge in [-0.15, -0.1) is 0 Å². The zero-order valence-corrected chi connectivity index (χ0v) is 22.6. The van der Waals surface area contributed by atoms with Gasteiger partial charge in [0.2, 0.25) is 0 Å². The first kappa shape index (κ1) is 27.7. The van der Waals surface area contributed by atoms with E-state index in [1.807, 2.05) is 82.9 Å². The molecule has 0 fully saturated rings. The second-order valence-electron chi connectivity index (χ2n) is 9.23. The molecule has 0 amide bonds. The molecule has 1 atom stereocenters. The molecular formula is C27H35N2O6P. The van der Waals surface area contributed by atoms with Crippen LogP contribution in [0.15, 0.2) is 77.4 Å². The number of nitrogens with zero attached hydrogens (tertiary/aromatic N) is 2. The fourth-order valence-electron chi connectivity index (χ4n) is 4.30. The summed E-state index contributed by atoms with van der Waals surface area (Å²) >= 11 is 0. The SMILES string of the molecule is CC1=CC(c2cccc([N+](=O)[O-])c2)C(P(=O)(OC(C)C)OC(C)C)=C(C)N1CCOc1ccccc1. The van der Waals surface area contributed by atoms with Crippen LogP contribution in [0.5, 0.6) is 5.75 Å². The third-order valence-electron chi connectivity index (χ3n) is 5.66. The molecule has 194 valence electrons. The van der Waals surface area contributed by atoms with E-state index in [1.165, 1.54) is 12.1 Å². The van der Waals surface area contributed by atoms with Gasteiger partial charge >= 0.3 is 7.60 Å². The molecule has 36 heavy (non-hydrogen) atoms. The Kier molecular flexibility index (Phi) is 9.12. The van der Waals surface area contributed by atoms with Crippen LogP contribution < -0.4 is 4.74 Å². The van der Waals surface area contributed by atoms with Crippen molar-refractivity contribution in [1.82, 2.24) is 4.90 Å². The van der Waals surface area contributed by atoms with E-state index in [4.69, 9.17) is 13.8 Å². The van der Waals surface area contributed by atoms with Crippen LogP contribution in [0.25, 0.3) is 0 Å². The average Bonchev–Trinajstić information content (AvgIpc) is 2.80. The van der Waals surface area contributed by atoms with Crippen LogP contribution in [-0.2, 0) is 13.6 Å². The number of para-hydroxylation sites is 1. The summed E-state index contributed by atoms with van der Waals surface area (Å²) in [6.07, 6.45) is 1.24. The van der Waals surface area contributed by atoms with Gasteiger partial charge in [0, 0.05) is 29.4 Å². The van der Waals surface area contributed by atoms with Crippen molar-refractivity contribution in [3.8, 4) is 5.75 Å². The van der Waals surface area contributed by atoms with Crippen molar-refractivity contribution >= 4 is 13.3 Å². The van der Waals surface area contributed by atoms with E-state index in [9.17, 15) is 14.7 Å².